The molecule has 0 unspecified atom stereocenters. The lowest BCUT2D eigenvalue weighted by Gasteiger charge is -2.42. The van der Waals surface area contributed by atoms with E-state index < -0.39 is 0 Å². The second-order valence-electron chi connectivity index (χ2n) is 3.46. The van der Waals surface area contributed by atoms with Crippen LogP contribution in [0.1, 0.15) is 27.2 Å². The number of rotatable bonds is 4. The molecule has 3 nitrogen and oxygen atoms in total. The van der Waals surface area contributed by atoms with Gasteiger partial charge in [0, 0.05) is 26.2 Å². The molecule has 0 aromatic rings. The lowest BCUT2D eigenvalue weighted by molar-refractivity contribution is -0.0722. The first-order valence-corrected chi connectivity index (χ1v) is 5.24. The van der Waals surface area contributed by atoms with Gasteiger partial charge in [0.2, 0.25) is 0 Å². The highest BCUT2D eigenvalue weighted by atomic mass is 16.5. The molecule has 1 aliphatic rings. The van der Waals surface area contributed by atoms with E-state index >= 15 is 0 Å². The second kappa shape index (κ2) is 7.30. The van der Waals surface area contributed by atoms with Crippen LogP contribution in [0.5, 0.6) is 0 Å². The molecule has 13 heavy (non-hydrogen) atoms. The zero-order chi connectivity index (χ0) is 10.2. The number of hydrogen-bond donors (Lipinski definition) is 2. The molecule has 0 atom stereocenters. The van der Waals surface area contributed by atoms with Crippen molar-refractivity contribution in [3.05, 3.63) is 0 Å². The van der Waals surface area contributed by atoms with Crippen molar-refractivity contribution >= 4 is 0 Å². The molecule has 0 aromatic heterocycles. The van der Waals surface area contributed by atoms with E-state index in [-0.39, 0.29) is 5.60 Å². The largest absolute Gasteiger partial charge is 0.371 e. The van der Waals surface area contributed by atoms with Crippen molar-refractivity contribution in [2.24, 2.45) is 0 Å². The van der Waals surface area contributed by atoms with E-state index in [2.05, 4.69) is 24.5 Å². The molecule has 3 heteroatoms. The van der Waals surface area contributed by atoms with Crippen LogP contribution in [0.25, 0.3) is 0 Å². The molecule has 0 bridgehead atoms. The summed E-state index contributed by atoms with van der Waals surface area (Å²) in [5, 5.41) is 6.34. The average Bonchev–Trinajstić information content (AvgIpc) is 2.03. The van der Waals surface area contributed by atoms with Crippen LogP contribution >= 0.6 is 0 Å². The zero-order valence-corrected chi connectivity index (χ0v) is 9.44. The van der Waals surface area contributed by atoms with E-state index in [0.29, 0.717) is 0 Å². The highest BCUT2D eigenvalue weighted by molar-refractivity contribution is 4.96. The fraction of sp³-hybridized carbons (Fsp3) is 1.00. The molecule has 1 rings (SSSR count). The van der Waals surface area contributed by atoms with Crippen LogP contribution in [0.4, 0.5) is 0 Å². The average molecular weight is 188 g/mol. The predicted molar refractivity (Wildman–Crippen MR) is 57.1 cm³/mol. The van der Waals surface area contributed by atoms with Gasteiger partial charge in [-0.15, -0.1) is 0 Å². The Labute approximate surface area is 82.2 Å². The summed E-state index contributed by atoms with van der Waals surface area (Å²) in [4.78, 5) is 0. The maximum absolute atomic E-state index is 5.58. The monoisotopic (exact) mass is 188 g/mol. The minimum atomic E-state index is 0.101. The van der Waals surface area contributed by atoms with E-state index in [9.17, 15) is 0 Å². The summed E-state index contributed by atoms with van der Waals surface area (Å²) in [6.45, 7) is 10.0. The third-order valence-corrected chi connectivity index (χ3v) is 1.84. The molecule has 1 saturated heterocycles. The fourth-order valence-corrected chi connectivity index (χ4v) is 1.31. The van der Waals surface area contributed by atoms with Crippen molar-refractivity contribution in [3.8, 4) is 0 Å². The molecule has 0 aliphatic carbocycles. The van der Waals surface area contributed by atoms with Crippen molar-refractivity contribution < 1.29 is 4.74 Å². The van der Waals surface area contributed by atoms with Crippen molar-refractivity contribution in [1.82, 2.24) is 10.6 Å². The van der Waals surface area contributed by atoms with Gasteiger partial charge in [0.15, 0.2) is 0 Å². The van der Waals surface area contributed by atoms with Crippen molar-refractivity contribution in [1.29, 1.82) is 0 Å². The summed E-state index contributed by atoms with van der Waals surface area (Å²) in [6.07, 6.45) is 1.25. The summed E-state index contributed by atoms with van der Waals surface area (Å²) < 4.78 is 5.58. The van der Waals surface area contributed by atoms with E-state index in [4.69, 9.17) is 4.74 Å². The molecular formula is C10H24N2O. The quantitative estimate of drug-likeness (QED) is 0.690. The van der Waals surface area contributed by atoms with Gasteiger partial charge in [0.05, 0.1) is 0 Å². The van der Waals surface area contributed by atoms with Crippen LogP contribution in [0.3, 0.4) is 0 Å². The third-order valence-electron chi connectivity index (χ3n) is 1.84. The van der Waals surface area contributed by atoms with Crippen molar-refractivity contribution in [3.63, 3.8) is 0 Å². The van der Waals surface area contributed by atoms with Gasteiger partial charge in [0.1, 0.15) is 5.60 Å². The van der Waals surface area contributed by atoms with Gasteiger partial charge in [-0.3, -0.25) is 0 Å². The first-order valence-electron chi connectivity index (χ1n) is 5.24. The summed E-state index contributed by atoms with van der Waals surface area (Å²) in [5.74, 6) is 0. The summed E-state index contributed by atoms with van der Waals surface area (Å²) >= 11 is 0. The molecule has 1 aliphatic heterocycles. The molecule has 1 heterocycles. The lowest BCUT2D eigenvalue weighted by atomic mass is 9.97. The predicted octanol–water partition coefficient (Wildman–Crippen LogP) is 1.00. The van der Waals surface area contributed by atoms with Crippen LogP contribution in [0, 0.1) is 0 Å². The Balaban J connectivity index is 0.000000424. The van der Waals surface area contributed by atoms with Gasteiger partial charge in [-0.1, -0.05) is 20.3 Å². The molecule has 0 radical (unpaired) electrons. The van der Waals surface area contributed by atoms with Gasteiger partial charge < -0.3 is 15.4 Å². The normalized spacial score (nSPS) is 18.5. The van der Waals surface area contributed by atoms with Gasteiger partial charge in [-0.25, -0.2) is 0 Å². The van der Waals surface area contributed by atoms with Crippen LogP contribution < -0.4 is 10.6 Å². The SMILES string of the molecule is CCC.CCOC1(CNC)CNC1. The van der Waals surface area contributed by atoms with Crippen LogP contribution in [-0.2, 0) is 4.74 Å². The second-order valence-corrected chi connectivity index (χ2v) is 3.46. The molecule has 0 saturated carbocycles. The Morgan fingerprint density at radius 1 is 1.31 bits per heavy atom. The zero-order valence-electron chi connectivity index (χ0n) is 9.44. The van der Waals surface area contributed by atoms with Gasteiger partial charge in [-0.2, -0.15) is 0 Å². The topological polar surface area (TPSA) is 33.3 Å². The van der Waals surface area contributed by atoms with E-state index in [1.165, 1.54) is 6.42 Å². The van der Waals surface area contributed by atoms with E-state index in [1.54, 1.807) is 0 Å². The molecule has 0 aromatic carbocycles. The molecule has 0 spiro atoms. The first kappa shape index (κ1) is 12.9. The fourth-order valence-electron chi connectivity index (χ4n) is 1.31. The maximum atomic E-state index is 5.58. The summed E-state index contributed by atoms with van der Waals surface area (Å²) in [7, 11) is 1.96. The minimum Gasteiger partial charge on any atom is -0.371 e. The molecule has 2 N–H and O–H groups in total. The Morgan fingerprint density at radius 3 is 2.08 bits per heavy atom. The smallest absolute Gasteiger partial charge is 0.105 e. The van der Waals surface area contributed by atoms with Crippen molar-refractivity contribution in [2.75, 3.05) is 33.3 Å². The Kier molecular flexibility index (Phi) is 7.23. The van der Waals surface area contributed by atoms with E-state index in [1.807, 2.05) is 14.0 Å². The van der Waals surface area contributed by atoms with Gasteiger partial charge in [-0.05, 0) is 14.0 Å². The Hall–Kier alpha value is -0.120. The van der Waals surface area contributed by atoms with Crippen LogP contribution in [-0.4, -0.2) is 38.9 Å². The number of nitrogens with one attached hydrogen (secondary N) is 2. The maximum Gasteiger partial charge on any atom is 0.105 e. The molecular weight excluding hydrogens is 164 g/mol. The van der Waals surface area contributed by atoms with E-state index in [0.717, 1.165) is 26.2 Å². The molecule has 0 amide bonds. The first-order chi connectivity index (χ1) is 6.24. The van der Waals surface area contributed by atoms with Gasteiger partial charge in [0.25, 0.3) is 0 Å². The third kappa shape index (κ3) is 4.60. The Morgan fingerprint density at radius 2 is 1.85 bits per heavy atom. The highest BCUT2D eigenvalue weighted by Gasteiger charge is 2.36. The number of likely N-dealkylation sites (N-methyl/N-ethyl adjacent to an activating group) is 1. The van der Waals surface area contributed by atoms with Gasteiger partial charge >= 0.3 is 0 Å². The van der Waals surface area contributed by atoms with Crippen LogP contribution in [0.2, 0.25) is 0 Å². The van der Waals surface area contributed by atoms with Crippen molar-refractivity contribution in [2.45, 2.75) is 32.8 Å². The standard InChI is InChI=1S/C7H16N2O.C3H8/c1-3-10-7(4-8-2)5-9-6-7;1-3-2/h8-9H,3-6H2,1-2H3;3H2,1-2H3. The Bertz CT molecular complexity index is 105. The highest BCUT2D eigenvalue weighted by Crippen LogP contribution is 2.14. The summed E-state index contributed by atoms with van der Waals surface area (Å²) in [5.41, 5.74) is 0.101. The molecule has 80 valence electrons. The summed E-state index contributed by atoms with van der Waals surface area (Å²) in [6, 6.07) is 0. The molecule has 1 fully saturated rings. The number of hydrogen-bond acceptors (Lipinski definition) is 3. The van der Waals surface area contributed by atoms with Crippen LogP contribution in [0.15, 0.2) is 0 Å². The number of ether oxygens (including phenoxy) is 1. The lowest BCUT2D eigenvalue weighted by Crippen LogP contribution is -2.65. The minimum absolute atomic E-state index is 0.101.